The lowest BCUT2D eigenvalue weighted by molar-refractivity contribution is -0.137. The molecule has 1 aromatic rings. The van der Waals surface area contributed by atoms with Crippen LogP contribution in [0.4, 0.5) is 0 Å². The Morgan fingerprint density at radius 3 is 2.57 bits per heavy atom. The maximum Gasteiger partial charge on any atom is 0.261 e. The lowest BCUT2D eigenvalue weighted by Crippen LogP contribution is -2.49. The van der Waals surface area contributed by atoms with Gasteiger partial charge in [0.2, 0.25) is 11.8 Å². The topological polar surface area (TPSA) is 78.5 Å². The van der Waals surface area contributed by atoms with E-state index in [1.54, 1.807) is 31.4 Å². The van der Waals surface area contributed by atoms with Gasteiger partial charge in [0.1, 0.15) is 6.04 Å². The highest BCUT2D eigenvalue weighted by Gasteiger charge is 2.23. The van der Waals surface area contributed by atoms with E-state index >= 15 is 0 Å². The molecule has 0 fully saturated rings. The molecule has 0 spiro atoms. The van der Waals surface area contributed by atoms with Crippen LogP contribution >= 0.6 is 11.3 Å². The van der Waals surface area contributed by atoms with Gasteiger partial charge in [-0.05, 0) is 32.2 Å². The van der Waals surface area contributed by atoms with Gasteiger partial charge in [0.15, 0.2) is 0 Å². The average Bonchev–Trinajstić information content (AvgIpc) is 2.98. The molecule has 116 valence electrons. The number of amides is 3. The zero-order valence-corrected chi connectivity index (χ0v) is 13.3. The normalized spacial score (nSPS) is 11.6. The van der Waals surface area contributed by atoms with Crippen molar-refractivity contribution in [2.75, 3.05) is 19.6 Å². The van der Waals surface area contributed by atoms with Crippen LogP contribution in [-0.4, -0.2) is 48.3 Å². The van der Waals surface area contributed by atoms with E-state index in [9.17, 15) is 14.4 Å². The second-order valence-electron chi connectivity index (χ2n) is 4.48. The molecule has 3 amide bonds. The first-order chi connectivity index (χ1) is 9.99. The van der Waals surface area contributed by atoms with Gasteiger partial charge in [-0.3, -0.25) is 14.4 Å². The Morgan fingerprint density at radius 2 is 2.05 bits per heavy atom. The summed E-state index contributed by atoms with van der Waals surface area (Å²) in [6.07, 6.45) is 0. The Kier molecular flexibility index (Phi) is 6.87. The Bertz CT molecular complexity index is 488. The number of thiophene rings is 1. The molecule has 2 N–H and O–H groups in total. The first kappa shape index (κ1) is 17.2. The molecule has 0 radical (unpaired) electrons. The van der Waals surface area contributed by atoms with Gasteiger partial charge >= 0.3 is 0 Å². The van der Waals surface area contributed by atoms with E-state index in [0.717, 1.165) is 0 Å². The Balaban J connectivity index is 2.58. The van der Waals surface area contributed by atoms with Gasteiger partial charge in [-0.15, -0.1) is 11.3 Å². The van der Waals surface area contributed by atoms with Gasteiger partial charge in [0, 0.05) is 13.1 Å². The molecule has 0 bridgehead atoms. The van der Waals surface area contributed by atoms with E-state index in [-0.39, 0.29) is 24.3 Å². The summed E-state index contributed by atoms with van der Waals surface area (Å²) in [5, 5.41) is 7.10. The molecule has 1 atom stereocenters. The highest BCUT2D eigenvalue weighted by Crippen LogP contribution is 2.08. The first-order valence-electron chi connectivity index (χ1n) is 6.89. The molecule has 6 nitrogen and oxygen atoms in total. The van der Waals surface area contributed by atoms with E-state index in [2.05, 4.69) is 10.6 Å². The van der Waals surface area contributed by atoms with Crippen molar-refractivity contribution in [3.8, 4) is 0 Å². The molecule has 0 aromatic carbocycles. The molecule has 1 rings (SSSR count). The third-order valence-corrected chi connectivity index (χ3v) is 3.73. The van der Waals surface area contributed by atoms with E-state index in [1.807, 2.05) is 6.92 Å². The largest absolute Gasteiger partial charge is 0.355 e. The average molecular weight is 311 g/mol. The standard InChI is InChI=1S/C14H21N3O3S/c1-4-15-12(18)9-17(5-2)14(20)10(3)16-13(19)11-7-6-8-21-11/h6-8,10H,4-5,9H2,1-3H3,(H,15,18)(H,16,19). The number of likely N-dealkylation sites (N-methyl/N-ethyl adjacent to an activating group) is 2. The summed E-state index contributed by atoms with van der Waals surface area (Å²) in [7, 11) is 0. The Labute approximate surface area is 128 Å². The summed E-state index contributed by atoms with van der Waals surface area (Å²) in [5.74, 6) is -0.752. The minimum atomic E-state index is -0.672. The van der Waals surface area contributed by atoms with Crippen LogP contribution in [0.25, 0.3) is 0 Å². The van der Waals surface area contributed by atoms with Gasteiger partial charge in [0.25, 0.3) is 5.91 Å². The van der Waals surface area contributed by atoms with Crippen molar-refractivity contribution in [2.24, 2.45) is 0 Å². The molecule has 7 heteroatoms. The predicted octanol–water partition coefficient (Wildman–Crippen LogP) is 0.851. The van der Waals surface area contributed by atoms with Crippen LogP contribution in [0, 0.1) is 0 Å². The van der Waals surface area contributed by atoms with Crippen molar-refractivity contribution in [2.45, 2.75) is 26.8 Å². The van der Waals surface area contributed by atoms with Crippen molar-refractivity contribution >= 4 is 29.1 Å². The van der Waals surface area contributed by atoms with Crippen molar-refractivity contribution in [3.63, 3.8) is 0 Å². The number of hydrogen-bond donors (Lipinski definition) is 2. The molecule has 0 aliphatic heterocycles. The van der Waals surface area contributed by atoms with Crippen LogP contribution in [0.3, 0.4) is 0 Å². The Morgan fingerprint density at radius 1 is 1.33 bits per heavy atom. The maximum absolute atomic E-state index is 12.3. The predicted molar refractivity (Wildman–Crippen MR) is 82.2 cm³/mol. The lowest BCUT2D eigenvalue weighted by atomic mass is 10.2. The fraction of sp³-hybridized carbons (Fsp3) is 0.500. The molecule has 0 saturated heterocycles. The molecular formula is C14H21N3O3S. The second kappa shape index (κ2) is 8.41. The summed E-state index contributed by atoms with van der Waals surface area (Å²) in [6.45, 7) is 6.17. The van der Waals surface area contributed by atoms with Gasteiger partial charge < -0.3 is 15.5 Å². The summed E-state index contributed by atoms with van der Waals surface area (Å²) < 4.78 is 0. The van der Waals surface area contributed by atoms with Crippen LogP contribution in [0.1, 0.15) is 30.4 Å². The van der Waals surface area contributed by atoms with E-state index in [0.29, 0.717) is 18.0 Å². The zero-order chi connectivity index (χ0) is 15.8. The fourth-order valence-electron chi connectivity index (χ4n) is 1.78. The number of hydrogen-bond acceptors (Lipinski definition) is 4. The van der Waals surface area contributed by atoms with Gasteiger partial charge in [-0.25, -0.2) is 0 Å². The fourth-order valence-corrected chi connectivity index (χ4v) is 2.41. The van der Waals surface area contributed by atoms with Crippen molar-refractivity contribution in [1.82, 2.24) is 15.5 Å². The minimum Gasteiger partial charge on any atom is -0.355 e. The minimum absolute atomic E-state index is 0.00237. The number of nitrogens with one attached hydrogen (secondary N) is 2. The molecule has 0 aliphatic rings. The molecule has 1 aromatic heterocycles. The van der Waals surface area contributed by atoms with Crippen LogP contribution in [0.5, 0.6) is 0 Å². The SMILES string of the molecule is CCNC(=O)CN(CC)C(=O)C(C)NC(=O)c1cccs1. The third-order valence-electron chi connectivity index (χ3n) is 2.86. The number of carbonyl (C=O) groups is 3. The van der Waals surface area contributed by atoms with Crippen LogP contribution in [0.2, 0.25) is 0 Å². The van der Waals surface area contributed by atoms with Crippen LogP contribution in [-0.2, 0) is 9.59 Å². The highest BCUT2D eigenvalue weighted by atomic mass is 32.1. The van der Waals surface area contributed by atoms with Crippen molar-refractivity contribution in [1.29, 1.82) is 0 Å². The van der Waals surface area contributed by atoms with Crippen LogP contribution < -0.4 is 10.6 Å². The highest BCUT2D eigenvalue weighted by molar-refractivity contribution is 7.12. The van der Waals surface area contributed by atoms with Crippen molar-refractivity contribution in [3.05, 3.63) is 22.4 Å². The zero-order valence-electron chi connectivity index (χ0n) is 12.5. The second-order valence-corrected chi connectivity index (χ2v) is 5.43. The van der Waals surface area contributed by atoms with Gasteiger partial charge in [-0.2, -0.15) is 0 Å². The molecule has 0 aliphatic carbocycles. The summed E-state index contributed by atoms with van der Waals surface area (Å²) in [5.41, 5.74) is 0. The lowest BCUT2D eigenvalue weighted by Gasteiger charge is -2.24. The molecule has 1 heterocycles. The van der Waals surface area contributed by atoms with Gasteiger partial charge in [0.05, 0.1) is 11.4 Å². The van der Waals surface area contributed by atoms with Crippen LogP contribution in [0.15, 0.2) is 17.5 Å². The molecule has 1 unspecified atom stereocenters. The monoisotopic (exact) mass is 311 g/mol. The molecule has 21 heavy (non-hydrogen) atoms. The summed E-state index contributed by atoms with van der Waals surface area (Å²) in [4.78, 5) is 37.7. The maximum atomic E-state index is 12.3. The molecular weight excluding hydrogens is 290 g/mol. The smallest absolute Gasteiger partial charge is 0.261 e. The molecule has 0 saturated carbocycles. The third kappa shape index (κ3) is 5.18. The number of carbonyl (C=O) groups excluding carboxylic acids is 3. The Hall–Kier alpha value is -1.89. The summed E-state index contributed by atoms with van der Waals surface area (Å²) >= 11 is 1.32. The van der Waals surface area contributed by atoms with E-state index in [4.69, 9.17) is 0 Å². The van der Waals surface area contributed by atoms with Crippen molar-refractivity contribution < 1.29 is 14.4 Å². The number of rotatable bonds is 7. The number of nitrogens with zero attached hydrogens (tertiary/aromatic N) is 1. The van der Waals surface area contributed by atoms with Gasteiger partial charge in [-0.1, -0.05) is 6.07 Å². The van der Waals surface area contributed by atoms with E-state index in [1.165, 1.54) is 16.2 Å². The first-order valence-corrected chi connectivity index (χ1v) is 7.77. The quantitative estimate of drug-likeness (QED) is 0.783. The van der Waals surface area contributed by atoms with E-state index < -0.39 is 6.04 Å². The summed E-state index contributed by atoms with van der Waals surface area (Å²) in [6, 6.07) is 2.80.